The number of benzene rings is 1. The summed E-state index contributed by atoms with van der Waals surface area (Å²) < 4.78 is 0. The molecule has 1 aromatic rings. The number of thioether (sulfide) groups is 1. The smallest absolute Gasteiger partial charge is 0.0585 e. The standard InChI is InChI=1S/C10H11NS2/c1-13-10-4-2-9(3-5-10)6-7-11-8-12/h2-5H,6-7H2,1H3. The first kappa shape index (κ1) is 10.5. The van der Waals surface area contributed by atoms with E-state index in [1.165, 1.54) is 10.5 Å². The Morgan fingerprint density at radius 1 is 1.38 bits per heavy atom. The van der Waals surface area contributed by atoms with Crippen LogP contribution in [0, 0.1) is 0 Å². The predicted octanol–water partition coefficient (Wildman–Crippen LogP) is 3.05. The van der Waals surface area contributed by atoms with E-state index in [-0.39, 0.29) is 0 Å². The van der Waals surface area contributed by atoms with Crippen molar-refractivity contribution in [1.82, 2.24) is 0 Å². The van der Waals surface area contributed by atoms with E-state index in [4.69, 9.17) is 0 Å². The molecule has 1 aromatic carbocycles. The zero-order valence-electron chi connectivity index (χ0n) is 7.49. The maximum Gasteiger partial charge on any atom is 0.0585 e. The van der Waals surface area contributed by atoms with Gasteiger partial charge in [0.05, 0.1) is 11.7 Å². The first-order chi connectivity index (χ1) is 6.36. The Balaban J connectivity index is 2.53. The van der Waals surface area contributed by atoms with E-state index in [1.807, 2.05) is 0 Å². The minimum absolute atomic E-state index is 0.738. The van der Waals surface area contributed by atoms with E-state index < -0.39 is 0 Å². The number of hydrogen-bond donors (Lipinski definition) is 0. The first-order valence-corrected chi connectivity index (χ1v) is 5.66. The summed E-state index contributed by atoms with van der Waals surface area (Å²) in [5.74, 6) is 0. The molecule has 0 atom stereocenters. The number of rotatable bonds is 4. The lowest BCUT2D eigenvalue weighted by molar-refractivity contribution is 0.974. The molecule has 0 radical (unpaired) electrons. The molecular formula is C10H11NS2. The van der Waals surface area contributed by atoms with Crippen molar-refractivity contribution in [3.05, 3.63) is 29.8 Å². The lowest BCUT2D eigenvalue weighted by Crippen LogP contribution is -1.88. The number of thiocarbonyl (C=S) groups is 1. The van der Waals surface area contributed by atoms with E-state index in [0.717, 1.165) is 13.0 Å². The fourth-order valence-electron chi connectivity index (χ4n) is 1.02. The molecule has 0 heterocycles. The molecule has 0 unspecified atom stereocenters. The Kier molecular flexibility index (Phi) is 4.76. The van der Waals surface area contributed by atoms with Crippen LogP contribution in [0.3, 0.4) is 0 Å². The van der Waals surface area contributed by atoms with Gasteiger partial charge in [0.15, 0.2) is 0 Å². The third-order valence-electron chi connectivity index (χ3n) is 1.74. The molecule has 3 heteroatoms. The predicted molar refractivity (Wildman–Crippen MR) is 61.8 cm³/mol. The highest BCUT2D eigenvalue weighted by Crippen LogP contribution is 2.14. The minimum atomic E-state index is 0.738. The molecule has 13 heavy (non-hydrogen) atoms. The van der Waals surface area contributed by atoms with E-state index in [1.54, 1.807) is 11.8 Å². The minimum Gasteiger partial charge on any atom is -0.232 e. The van der Waals surface area contributed by atoms with Crippen LogP contribution < -0.4 is 0 Å². The number of hydrogen-bond acceptors (Lipinski definition) is 3. The quantitative estimate of drug-likeness (QED) is 0.429. The fraction of sp³-hybridized carbons (Fsp3) is 0.300. The van der Waals surface area contributed by atoms with Gasteiger partial charge in [0.2, 0.25) is 0 Å². The molecule has 0 aliphatic heterocycles. The third-order valence-corrected chi connectivity index (χ3v) is 2.61. The molecule has 0 aliphatic rings. The van der Waals surface area contributed by atoms with Crippen LogP contribution in [0.2, 0.25) is 0 Å². The first-order valence-electron chi connectivity index (χ1n) is 4.03. The molecule has 0 spiro atoms. The molecule has 0 aromatic heterocycles. The van der Waals surface area contributed by atoms with Crippen LogP contribution in [0.15, 0.2) is 34.2 Å². The summed E-state index contributed by atoms with van der Waals surface area (Å²) in [7, 11) is 0. The van der Waals surface area contributed by atoms with Crippen molar-refractivity contribution in [1.29, 1.82) is 0 Å². The van der Waals surface area contributed by atoms with Crippen LogP contribution in [0.25, 0.3) is 0 Å². The monoisotopic (exact) mass is 209 g/mol. The van der Waals surface area contributed by atoms with Crippen LogP contribution in [-0.2, 0) is 6.42 Å². The van der Waals surface area contributed by atoms with E-state index in [0.29, 0.717) is 0 Å². The second-order valence-electron chi connectivity index (χ2n) is 2.57. The van der Waals surface area contributed by atoms with Crippen molar-refractivity contribution in [2.45, 2.75) is 11.3 Å². The molecule has 0 bridgehead atoms. The fourth-order valence-corrected chi connectivity index (χ4v) is 1.52. The second kappa shape index (κ2) is 5.92. The summed E-state index contributed by atoms with van der Waals surface area (Å²) >= 11 is 6.24. The van der Waals surface area contributed by atoms with Gasteiger partial charge in [-0.25, -0.2) is 4.99 Å². The summed E-state index contributed by atoms with van der Waals surface area (Å²) in [4.78, 5) is 5.16. The van der Waals surface area contributed by atoms with Crippen LogP contribution in [-0.4, -0.2) is 18.0 Å². The van der Waals surface area contributed by atoms with Crippen molar-refractivity contribution >= 4 is 29.1 Å². The molecule has 0 N–H and O–H groups in total. The maximum absolute atomic E-state index is 4.49. The Labute approximate surface area is 88.3 Å². The normalized spacial score (nSPS) is 9.31. The summed E-state index contributed by atoms with van der Waals surface area (Å²) in [6.45, 7) is 0.738. The van der Waals surface area contributed by atoms with Crippen molar-refractivity contribution in [3.63, 3.8) is 0 Å². The second-order valence-corrected chi connectivity index (χ2v) is 3.63. The van der Waals surface area contributed by atoms with Gasteiger partial charge < -0.3 is 0 Å². The lowest BCUT2D eigenvalue weighted by atomic mass is 10.2. The van der Waals surface area contributed by atoms with Gasteiger partial charge in [0.25, 0.3) is 0 Å². The summed E-state index contributed by atoms with van der Waals surface area (Å²) in [5.41, 5.74) is 1.30. The van der Waals surface area contributed by atoms with Crippen molar-refractivity contribution in [2.75, 3.05) is 12.8 Å². The van der Waals surface area contributed by atoms with Gasteiger partial charge >= 0.3 is 0 Å². The van der Waals surface area contributed by atoms with Gasteiger partial charge in [-0.05, 0) is 42.6 Å². The van der Waals surface area contributed by atoms with Gasteiger partial charge in [0, 0.05) is 4.90 Å². The highest BCUT2D eigenvalue weighted by Gasteiger charge is 1.92. The Morgan fingerprint density at radius 2 is 2.08 bits per heavy atom. The van der Waals surface area contributed by atoms with Gasteiger partial charge in [-0.15, -0.1) is 11.8 Å². The molecule has 0 amide bonds. The summed E-state index contributed by atoms with van der Waals surface area (Å²) in [6.07, 6.45) is 3.02. The number of aliphatic imine (C=N–C) groups is 1. The average molecular weight is 209 g/mol. The molecule has 68 valence electrons. The van der Waals surface area contributed by atoms with Crippen molar-refractivity contribution in [2.24, 2.45) is 4.99 Å². The molecule has 0 saturated heterocycles. The SMILES string of the molecule is CSc1ccc(CCN=C=S)cc1. The molecule has 1 nitrogen and oxygen atoms in total. The topological polar surface area (TPSA) is 12.4 Å². The lowest BCUT2D eigenvalue weighted by Gasteiger charge is -1.99. The summed E-state index contributed by atoms with van der Waals surface area (Å²) in [5, 5.41) is 2.36. The Bertz CT molecular complexity index is 299. The maximum atomic E-state index is 4.49. The Hall–Kier alpha value is -0.630. The molecule has 0 saturated carbocycles. The zero-order valence-corrected chi connectivity index (χ0v) is 9.12. The third kappa shape index (κ3) is 3.73. The van der Waals surface area contributed by atoms with E-state index >= 15 is 0 Å². The Morgan fingerprint density at radius 3 is 2.62 bits per heavy atom. The van der Waals surface area contributed by atoms with Crippen LogP contribution in [0.5, 0.6) is 0 Å². The summed E-state index contributed by atoms with van der Waals surface area (Å²) in [6, 6.07) is 8.51. The van der Waals surface area contributed by atoms with Gasteiger partial charge in [-0.3, -0.25) is 0 Å². The molecule has 0 aliphatic carbocycles. The van der Waals surface area contributed by atoms with E-state index in [2.05, 4.69) is 52.9 Å². The highest BCUT2D eigenvalue weighted by molar-refractivity contribution is 7.98. The van der Waals surface area contributed by atoms with E-state index in [9.17, 15) is 0 Å². The van der Waals surface area contributed by atoms with Crippen LogP contribution >= 0.6 is 24.0 Å². The van der Waals surface area contributed by atoms with Gasteiger partial charge in [-0.1, -0.05) is 12.1 Å². The zero-order chi connectivity index (χ0) is 9.52. The largest absolute Gasteiger partial charge is 0.232 e. The van der Waals surface area contributed by atoms with Crippen LogP contribution in [0.4, 0.5) is 0 Å². The van der Waals surface area contributed by atoms with Gasteiger partial charge in [0.1, 0.15) is 0 Å². The number of nitrogens with zero attached hydrogens (tertiary/aromatic N) is 1. The molecule has 0 fully saturated rings. The van der Waals surface area contributed by atoms with Gasteiger partial charge in [-0.2, -0.15) is 0 Å². The molecular weight excluding hydrogens is 198 g/mol. The number of isothiocyanates is 1. The average Bonchev–Trinajstić information content (AvgIpc) is 2.19. The molecule has 1 rings (SSSR count). The van der Waals surface area contributed by atoms with Crippen molar-refractivity contribution in [3.8, 4) is 0 Å². The van der Waals surface area contributed by atoms with Crippen molar-refractivity contribution < 1.29 is 0 Å². The highest BCUT2D eigenvalue weighted by atomic mass is 32.2. The van der Waals surface area contributed by atoms with Crippen LogP contribution in [0.1, 0.15) is 5.56 Å².